The molecule has 19 heavy (non-hydrogen) atoms. The van der Waals surface area contributed by atoms with Gasteiger partial charge in [0.1, 0.15) is 11.4 Å². The fraction of sp³-hybridized carbons (Fsp3) is 0.300. The number of phenols is 1. The summed E-state index contributed by atoms with van der Waals surface area (Å²) < 4.78 is 25.0. The zero-order chi connectivity index (χ0) is 14.6. The lowest BCUT2D eigenvalue weighted by Crippen LogP contribution is -2.25. The molecule has 0 aliphatic carbocycles. The molecule has 0 saturated carbocycles. The number of phenolic OH excluding ortho intramolecular Hbond substituents is 1. The van der Waals surface area contributed by atoms with Crippen molar-refractivity contribution in [2.24, 2.45) is 0 Å². The average molecular weight is 372 g/mol. The van der Waals surface area contributed by atoms with Crippen LogP contribution in [-0.4, -0.2) is 32.2 Å². The summed E-state index contributed by atoms with van der Waals surface area (Å²) in [5.74, 6) is -1.10. The van der Waals surface area contributed by atoms with E-state index in [4.69, 9.17) is 11.6 Å². The number of amides is 1. The van der Waals surface area contributed by atoms with E-state index in [2.05, 4.69) is 26.0 Å². The predicted molar refractivity (Wildman–Crippen MR) is 76.9 cm³/mol. The first-order valence-electron chi connectivity index (χ1n) is 5.14. The number of rotatable bonds is 5. The van der Waals surface area contributed by atoms with Gasteiger partial charge in [0.15, 0.2) is 0 Å². The normalized spacial score (nSPS) is 11.3. The van der Waals surface area contributed by atoms with Gasteiger partial charge in [0.2, 0.25) is 15.9 Å². The highest BCUT2D eigenvalue weighted by Gasteiger charge is 2.14. The Hall–Kier alpha value is -0.830. The smallest absolute Gasteiger partial charge is 0.225 e. The molecule has 0 radical (unpaired) electrons. The molecular weight excluding hydrogens is 360 g/mol. The van der Waals surface area contributed by atoms with Crippen LogP contribution >= 0.6 is 27.5 Å². The third-order valence-corrected chi connectivity index (χ3v) is 4.33. The van der Waals surface area contributed by atoms with E-state index in [1.54, 1.807) is 0 Å². The number of hydrogen-bond donors (Lipinski definition) is 3. The molecule has 1 rings (SSSR count). The zero-order valence-electron chi connectivity index (χ0n) is 9.91. The van der Waals surface area contributed by atoms with E-state index in [1.807, 2.05) is 0 Å². The lowest BCUT2D eigenvalue weighted by Gasteiger charge is -2.10. The maximum absolute atomic E-state index is 11.6. The van der Waals surface area contributed by atoms with E-state index in [0.717, 1.165) is 0 Å². The summed E-state index contributed by atoms with van der Waals surface area (Å²) in [5, 5.41) is 12.2. The number of halogens is 2. The second-order valence-corrected chi connectivity index (χ2v) is 6.97. The van der Waals surface area contributed by atoms with Crippen molar-refractivity contribution in [3.05, 3.63) is 21.6 Å². The minimum absolute atomic E-state index is 0.0525. The Morgan fingerprint density at radius 1 is 1.47 bits per heavy atom. The van der Waals surface area contributed by atoms with Crippen LogP contribution in [0.3, 0.4) is 0 Å². The summed E-state index contributed by atoms with van der Waals surface area (Å²) in [6.07, 6.45) is -0.241. The quantitative estimate of drug-likeness (QED) is 0.686. The van der Waals surface area contributed by atoms with E-state index < -0.39 is 15.9 Å². The Morgan fingerprint density at radius 3 is 2.63 bits per heavy atom. The molecule has 0 fully saturated rings. The number of carbonyl (C=O) groups is 1. The van der Waals surface area contributed by atoms with Gasteiger partial charge >= 0.3 is 0 Å². The number of anilines is 1. The van der Waals surface area contributed by atoms with Gasteiger partial charge in [-0.2, -0.15) is 0 Å². The molecule has 0 atom stereocenters. The first-order valence-corrected chi connectivity index (χ1v) is 7.96. The van der Waals surface area contributed by atoms with Crippen molar-refractivity contribution in [1.29, 1.82) is 0 Å². The molecule has 1 aromatic rings. The summed E-state index contributed by atoms with van der Waals surface area (Å²) in [4.78, 5) is 11.6. The lowest BCUT2D eigenvalue weighted by molar-refractivity contribution is -0.115. The standard InChI is InChI=1S/C10H12BrClN2O4S/c1-13-19(17,18)3-2-9(16)14-10-7(12)4-6(11)5-8(10)15/h4-5,13,15H,2-3H2,1H3,(H,14,16). The molecule has 1 amide bonds. The predicted octanol–water partition coefficient (Wildman–Crippen LogP) is 1.69. The molecule has 0 aromatic heterocycles. The van der Waals surface area contributed by atoms with Crippen molar-refractivity contribution >= 4 is 49.1 Å². The van der Waals surface area contributed by atoms with Crippen LogP contribution in [0.2, 0.25) is 5.02 Å². The largest absolute Gasteiger partial charge is 0.506 e. The molecule has 0 unspecified atom stereocenters. The summed E-state index contributed by atoms with van der Waals surface area (Å²) in [6, 6.07) is 2.87. The van der Waals surface area contributed by atoms with Gasteiger partial charge in [-0.1, -0.05) is 27.5 Å². The number of hydrogen-bond acceptors (Lipinski definition) is 4. The van der Waals surface area contributed by atoms with E-state index in [1.165, 1.54) is 19.2 Å². The van der Waals surface area contributed by atoms with Crippen LogP contribution in [0.1, 0.15) is 6.42 Å². The summed E-state index contributed by atoms with van der Waals surface area (Å²) >= 11 is 9.00. The van der Waals surface area contributed by atoms with Crippen LogP contribution in [0.15, 0.2) is 16.6 Å². The molecule has 0 bridgehead atoms. The molecular formula is C10H12BrClN2O4S. The maximum atomic E-state index is 11.6. The average Bonchev–Trinajstić information content (AvgIpc) is 2.31. The maximum Gasteiger partial charge on any atom is 0.225 e. The molecule has 106 valence electrons. The first kappa shape index (κ1) is 16.2. The van der Waals surface area contributed by atoms with Gasteiger partial charge in [0, 0.05) is 10.9 Å². The third-order valence-electron chi connectivity index (χ3n) is 2.21. The van der Waals surface area contributed by atoms with Crippen LogP contribution in [0.25, 0.3) is 0 Å². The topological polar surface area (TPSA) is 95.5 Å². The highest BCUT2D eigenvalue weighted by molar-refractivity contribution is 9.10. The van der Waals surface area contributed by atoms with Crippen LogP contribution in [-0.2, 0) is 14.8 Å². The molecule has 0 aliphatic rings. The Morgan fingerprint density at radius 2 is 2.11 bits per heavy atom. The number of carbonyl (C=O) groups excluding carboxylic acids is 1. The van der Waals surface area contributed by atoms with E-state index in [0.29, 0.717) is 4.47 Å². The summed E-state index contributed by atoms with van der Waals surface area (Å²) in [6.45, 7) is 0. The Balaban J connectivity index is 2.73. The van der Waals surface area contributed by atoms with E-state index >= 15 is 0 Å². The highest BCUT2D eigenvalue weighted by atomic mass is 79.9. The van der Waals surface area contributed by atoms with Crippen LogP contribution in [0, 0.1) is 0 Å². The van der Waals surface area contributed by atoms with Gasteiger partial charge in [-0.3, -0.25) is 4.79 Å². The molecule has 6 nitrogen and oxygen atoms in total. The third kappa shape index (κ3) is 4.98. The molecule has 1 aromatic carbocycles. The van der Waals surface area contributed by atoms with Gasteiger partial charge < -0.3 is 10.4 Å². The van der Waals surface area contributed by atoms with Gasteiger partial charge in [-0.25, -0.2) is 13.1 Å². The Bertz CT molecular complexity index is 568. The fourth-order valence-corrected chi connectivity index (χ4v) is 2.71. The highest BCUT2D eigenvalue weighted by Crippen LogP contribution is 2.35. The molecule has 0 aliphatic heterocycles. The molecule has 0 heterocycles. The van der Waals surface area contributed by atoms with Gasteiger partial charge in [0.25, 0.3) is 0 Å². The number of sulfonamides is 1. The van der Waals surface area contributed by atoms with Crippen molar-refractivity contribution in [2.45, 2.75) is 6.42 Å². The molecule has 3 N–H and O–H groups in total. The van der Waals surface area contributed by atoms with Crippen molar-refractivity contribution < 1.29 is 18.3 Å². The van der Waals surface area contributed by atoms with Gasteiger partial charge in [0.05, 0.1) is 10.8 Å². The zero-order valence-corrected chi connectivity index (χ0v) is 13.1. The Kier molecular flexibility index (Phi) is 5.60. The van der Waals surface area contributed by atoms with E-state index in [9.17, 15) is 18.3 Å². The van der Waals surface area contributed by atoms with Gasteiger partial charge in [-0.15, -0.1) is 0 Å². The van der Waals surface area contributed by atoms with Crippen LogP contribution in [0.5, 0.6) is 5.75 Å². The monoisotopic (exact) mass is 370 g/mol. The van der Waals surface area contributed by atoms with E-state index in [-0.39, 0.29) is 28.6 Å². The van der Waals surface area contributed by atoms with Crippen molar-refractivity contribution in [1.82, 2.24) is 4.72 Å². The van der Waals surface area contributed by atoms with Crippen LogP contribution in [0.4, 0.5) is 5.69 Å². The second kappa shape index (κ2) is 6.56. The first-order chi connectivity index (χ1) is 8.75. The van der Waals surface area contributed by atoms with Crippen molar-refractivity contribution in [3.8, 4) is 5.75 Å². The number of aromatic hydroxyl groups is 1. The second-order valence-electron chi connectivity index (χ2n) is 3.60. The SMILES string of the molecule is CNS(=O)(=O)CCC(=O)Nc1c(O)cc(Br)cc1Cl. The minimum atomic E-state index is -3.45. The summed E-state index contributed by atoms with van der Waals surface area (Å²) in [7, 11) is -2.18. The number of benzene rings is 1. The lowest BCUT2D eigenvalue weighted by atomic mass is 10.3. The minimum Gasteiger partial charge on any atom is -0.506 e. The number of nitrogens with one attached hydrogen (secondary N) is 2. The summed E-state index contributed by atoms with van der Waals surface area (Å²) in [5.41, 5.74) is 0.0525. The molecule has 9 heteroatoms. The Labute approximate surface area is 124 Å². The van der Waals surface area contributed by atoms with Crippen molar-refractivity contribution in [3.63, 3.8) is 0 Å². The van der Waals surface area contributed by atoms with Gasteiger partial charge in [-0.05, 0) is 19.2 Å². The fourth-order valence-electron chi connectivity index (χ4n) is 1.21. The molecule has 0 spiro atoms. The molecule has 0 saturated heterocycles. The van der Waals surface area contributed by atoms with Crippen molar-refractivity contribution in [2.75, 3.05) is 18.1 Å². The van der Waals surface area contributed by atoms with Crippen LogP contribution < -0.4 is 10.0 Å².